The minimum Gasteiger partial charge on any atom is -0.497 e. The Labute approximate surface area is 83.1 Å². The van der Waals surface area contributed by atoms with E-state index in [4.69, 9.17) is 9.02 Å². The molecule has 0 radical (unpaired) electrons. The monoisotopic (exact) mass is 216 g/mol. The zero-order valence-electron chi connectivity index (χ0n) is 7.30. The van der Waals surface area contributed by atoms with Gasteiger partial charge >= 0.3 is 11.4 Å². The van der Waals surface area contributed by atoms with E-state index in [-0.39, 0.29) is 0 Å². The van der Waals surface area contributed by atoms with Crippen LogP contribution < -0.4 is 15.5 Å². The van der Waals surface area contributed by atoms with Gasteiger partial charge in [0.1, 0.15) is 5.75 Å². The number of hydrazine groups is 1. The third-order valence-corrected chi connectivity index (χ3v) is 2.11. The van der Waals surface area contributed by atoms with Crippen molar-refractivity contribution in [3.05, 3.63) is 24.3 Å². The van der Waals surface area contributed by atoms with Gasteiger partial charge in [0.05, 0.1) is 12.8 Å². The van der Waals surface area contributed by atoms with E-state index in [1.807, 2.05) is 0 Å². The first-order valence-corrected chi connectivity index (χ1v) is 4.77. The molecule has 2 rings (SSSR count). The number of methoxy groups -OCH3 is 1. The highest BCUT2D eigenvalue weighted by Gasteiger charge is 2.21. The number of rotatable bonds is 2. The highest BCUT2D eigenvalue weighted by molar-refractivity contribution is 7.75. The molecule has 0 bridgehead atoms. The molecule has 6 nitrogen and oxygen atoms in total. The molecule has 14 heavy (non-hydrogen) atoms. The van der Waals surface area contributed by atoms with Crippen molar-refractivity contribution in [2.75, 3.05) is 12.3 Å². The van der Waals surface area contributed by atoms with Gasteiger partial charge in [-0.25, -0.2) is 0 Å². The summed E-state index contributed by atoms with van der Waals surface area (Å²) in [5.41, 5.74) is 2.99. The Morgan fingerprint density at radius 2 is 2.14 bits per heavy atom. The third-order valence-electron chi connectivity index (χ3n) is 1.63. The molecule has 1 heterocycles. The summed E-state index contributed by atoms with van der Waals surface area (Å²) in [5, 5.41) is 1.16. The fraction of sp³-hybridized carbons (Fsp3) is 0.143. The first kappa shape index (κ1) is 9.41. The largest absolute Gasteiger partial charge is 0.497 e. The van der Waals surface area contributed by atoms with Crippen molar-refractivity contribution >= 4 is 17.0 Å². The second-order valence-corrected chi connectivity index (χ2v) is 3.17. The maximum absolute atomic E-state index is 10.7. The van der Waals surface area contributed by atoms with E-state index in [0.29, 0.717) is 5.69 Å². The van der Waals surface area contributed by atoms with Gasteiger partial charge in [-0.15, -0.1) is 9.46 Å². The Bertz CT molecular complexity index is 342. The van der Waals surface area contributed by atoms with E-state index in [9.17, 15) is 4.21 Å². The quantitative estimate of drug-likeness (QED) is 0.775. The topological polar surface area (TPSA) is 60.0 Å². The van der Waals surface area contributed by atoms with Crippen molar-refractivity contribution in [2.24, 2.45) is 0 Å². The predicted molar refractivity (Wildman–Crippen MR) is 48.9 cm³/mol. The molecule has 0 saturated carbocycles. The fourth-order valence-corrected chi connectivity index (χ4v) is 1.37. The van der Waals surface area contributed by atoms with E-state index in [1.54, 1.807) is 31.4 Å². The fourth-order valence-electron chi connectivity index (χ4n) is 0.969. The van der Waals surface area contributed by atoms with Crippen molar-refractivity contribution < 1.29 is 17.5 Å². The number of nitrogens with one attached hydrogen (secondary N) is 1. The van der Waals surface area contributed by atoms with Gasteiger partial charge in [-0.1, -0.05) is 5.59 Å². The molecule has 0 aromatic heterocycles. The number of hydrogen-bond donors (Lipinski definition) is 1. The van der Waals surface area contributed by atoms with Crippen LogP contribution in [0.15, 0.2) is 24.3 Å². The molecule has 1 aromatic rings. The molecule has 0 spiro atoms. The molecule has 0 aliphatic carbocycles. The highest BCUT2D eigenvalue weighted by Crippen LogP contribution is 2.20. The van der Waals surface area contributed by atoms with Gasteiger partial charge in [-0.2, -0.15) is 8.49 Å². The summed E-state index contributed by atoms with van der Waals surface area (Å²) < 4.78 is 24.9. The third kappa shape index (κ3) is 1.85. The summed E-state index contributed by atoms with van der Waals surface area (Å²) in [6, 6.07) is 6.97. The summed E-state index contributed by atoms with van der Waals surface area (Å²) in [7, 11) is 1.58. The van der Waals surface area contributed by atoms with Crippen molar-refractivity contribution in [1.82, 2.24) is 5.59 Å². The van der Waals surface area contributed by atoms with Crippen LogP contribution in [0.25, 0.3) is 0 Å². The summed E-state index contributed by atoms with van der Waals surface area (Å²) >= 11 is -1.78. The van der Waals surface area contributed by atoms with Crippen molar-refractivity contribution in [3.8, 4) is 5.75 Å². The molecular weight excluding hydrogens is 208 g/mol. The van der Waals surface area contributed by atoms with E-state index < -0.39 is 11.4 Å². The number of ether oxygens (including phenoxy) is 1. The zero-order chi connectivity index (χ0) is 9.97. The Balaban J connectivity index is 2.13. The molecule has 1 aromatic carbocycles. The van der Waals surface area contributed by atoms with Crippen molar-refractivity contribution in [1.29, 1.82) is 0 Å². The molecule has 1 unspecified atom stereocenters. The smallest absolute Gasteiger partial charge is 0.348 e. The molecule has 1 aliphatic heterocycles. The molecule has 1 saturated heterocycles. The molecule has 1 fully saturated rings. The Hall–Kier alpha value is -1.15. The van der Waals surface area contributed by atoms with Gasteiger partial charge < -0.3 is 4.74 Å². The summed E-state index contributed by atoms with van der Waals surface area (Å²) in [4.78, 5) is 0. The molecule has 1 N–H and O–H groups in total. The lowest BCUT2D eigenvalue weighted by Gasteiger charge is -2.11. The second-order valence-electron chi connectivity index (χ2n) is 2.45. The lowest BCUT2D eigenvalue weighted by molar-refractivity contribution is 0.199. The molecule has 7 heteroatoms. The first-order valence-electron chi connectivity index (χ1n) is 3.77. The van der Waals surface area contributed by atoms with Gasteiger partial charge in [-0.3, -0.25) is 0 Å². The van der Waals surface area contributed by atoms with Gasteiger partial charge in [0.2, 0.25) is 0 Å². The normalized spacial score (nSPS) is 21.2. The van der Waals surface area contributed by atoms with Crippen LogP contribution in [0.3, 0.4) is 0 Å². The predicted octanol–water partition coefficient (Wildman–Crippen LogP) is 0.462. The van der Waals surface area contributed by atoms with Crippen LogP contribution in [-0.4, -0.2) is 11.3 Å². The number of hydrogen-bond acceptors (Lipinski definition) is 6. The molecule has 0 amide bonds. The van der Waals surface area contributed by atoms with Gasteiger partial charge in [0.15, 0.2) is 0 Å². The van der Waals surface area contributed by atoms with E-state index >= 15 is 0 Å². The standard InChI is InChI=1S/C7H8N2O4S/c1-11-7-4-2-6(3-5-7)9-8-12-14(10)13-9/h2-5,8H,1H3. The minimum atomic E-state index is -1.78. The highest BCUT2D eigenvalue weighted by atomic mass is 32.2. The Kier molecular flexibility index (Phi) is 2.64. The van der Waals surface area contributed by atoms with E-state index in [0.717, 1.165) is 10.9 Å². The van der Waals surface area contributed by atoms with Crippen LogP contribution >= 0.6 is 0 Å². The average Bonchev–Trinajstić information content (AvgIpc) is 2.65. The first-order chi connectivity index (χ1) is 6.79. The molecular formula is C7H8N2O4S. The summed E-state index contributed by atoms with van der Waals surface area (Å²) in [5.74, 6) is 0.731. The van der Waals surface area contributed by atoms with E-state index in [2.05, 4.69) is 9.87 Å². The van der Waals surface area contributed by atoms with Gasteiger partial charge in [0.25, 0.3) is 0 Å². The van der Waals surface area contributed by atoms with Crippen LogP contribution in [0.1, 0.15) is 0 Å². The minimum absolute atomic E-state index is 0.664. The lowest BCUT2D eigenvalue weighted by Crippen LogP contribution is -2.28. The Morgan fingerprint density at radius 3 is 2.64 bits per heavy atom. The SMILES string of the molecule is COc1ccc(N2NOS(=O)O2)cc1. The summed E-state index contributed by atoms with van der Waals surface area (Å²) in [6.45, 7) is 0. The van der Waals surface area contributed by atoms with Crippen LogP contribution in [0.2, 0.25) is 0 Å². The van der Waals surface area contributed by atoms with Crippen LogP contribution in [0.5, 0.6) is 5.75 Å². The second kappa shape index (κ2) is 3.93. The van der Waals surface area contributed by atoms with Crippen LogP contribution in [0.4, 0.5) is 5.69 Å². The molecule has 1 atom stereocenters. The lowest BCUT2D eigenvalue weighted by atomic mass is 10.3. The maximum atomic E-state index is 10.7. The maximum Gasteiger partial charge on any atom is 0.348 e. The van der Waals surface area contributed by atoms with Crippen LogP contribution in [0, 0.1) is 0 Å². The van der Waals surface area contributed by atoms with Crippen molar-refractivity contribution in [3.63, 3.8) is 0 Å². The van der Waals surface area contributed by atoms with Gasteiger partial charge in [-0.05, 0) is 24.3 Å². The zero-order valence-corrected chi connectivity index (χ0v) is 8.11. The Morgan fingerprint density at radius 1 is 1.43 bits per heavy atom. The van der Waals surface area contributed by atoms with Crippen molar-refractivity contribution in [2.45, 2.75) is 0 Å². The molecule has 1 aliphatic rings. The number of anilines is 1. The summed E-state index contributed by atoms with van der Waals surface area (Å²) in [6.07, 6.45) is 0. The van der Waals surface area contributed by atoms with E-state index in [1.165, 1.54) is 0 Å². The molecule has 76 valence electrons. The number of nitrogens with zero attached hydrogens (tertiary/aromatic N) is 1. The average molecular weight is 216 g/mol. The van der Waals surface area contributed by atoms with Gasteiger partial charge in [0, 0.05) is 0 Å². The number of benzene rings is 1. The van der Waals surface area contributed by atoms with Crippen LogP contribution in [-0.2, 0) is 19.9 Å².